The molecule has 0 spiro atoms. The summed E-state index contributed by atoms with van der Waals surface area (Å²) in [6.45, 7) is -0.0610. The topological polar surface area (TPSA) is 75.6 Å². The van der Waals surface area contributed by atoms with Gasteiger partial charge >= 0.3 is 5.97 Å². The van der Waals surface area contributed by atoms with Crippen molar-refractivity contribution in [2.45, 2.75) is 10.6 Å². The van der Waals surface area contributed by atoms with Crippen LogP contribution in [0.1, 0.15) is 20.5 Å². The maximum atomic E-state index is 12.0. The molecule has 2 rings (SSSR count). The number of carbonyl (C=O) groups is 2. The number of carboxylic acids is 1. The van der Waals surface area contributed by atoms with Crippen molar-refractivity contribution in [3.63, 3.8) is 0 Å². The summed E-state index contributed by atoms with van der Waals surface area (Å²) in [4.78, 5) is 23.0. The van der Waals surface area contributed by atoms with E-state index >= 15 is 0 Å². The number of carbonyl (C=O) groups excluding carboxylic acids is 1. The largest absolute Gasteiger partial charge is 0.480 e. The number of carboxylic acid groups (broad SMARTS) is 1. The van der Waals surface area contributed by atoms with Crippen molar-refractivity contribution in [3.8, 4) is 0 Å². The van der Waals surface area contributed by atoms with Crippen LogP contribution in [0.2, 0.25) is 0 Å². The summed E-state index contributed by atoms with van der Waals surface area (Å²) >= 11 is 3.80. The maximum Gasteiger partial charge on any atom is 0.328 e. The van der Waals surface area contributed by atoms with Crippen LogP contribution in [-0.2, 0) is 9.53 Å². The van der Waals surface area contributed by atoms with Gasteiger partial charge in [0.25, 0.3) is 5.91 Å². The molecule has 1 aliphatic rings. The molecule has 1 amide bonds. The molecule has 2 N–H and O–H groups in total. The molecule has 1 atom stereocenters. The number of benzene rings is 1. The Kier molecular flexibility index (Phi) is 5.96. The maximum absolute atomic E-state index is 12.0. The van der Waals surface area contributed by atoms with Gasteiger partial charge in [-0.3, -0.25) is 4.79 Å². The summed E-state index contributed by atoms with van der Waals surface area (Å²) in [5, 5.41) is 11.4. The fourth-order valence-electron chi connectivity index (χ4n) is 1.93. The summed E-state index contributed by atoms with van der Waals surface area (Å²) < 4.78 is 5.22. The number of methoxy groups -OCH3 is 1. The Labute approximate surface area is 131 Å². The zero-order valence-corrected chi connectivity index (χ0v) is 13.2. The molecule has 0 saturated carbocycles. The SMILES string of the molecule is COCC(NC(=O)c1ccc(C2SCCS2)cc1)C(=O)O. The van der Waals surface area contributed by atoms with Crippen LogP contribution in [0, 0.1) is 0 Å². The van der Waals surface area contributed by atoms with Crippen molar-refractivity contribution < 1.29 is 19.4 Å². The van der Waals surface area contributed by atoms with Crippen LogP contribution >= 0.6 is 23.5 Å². The van der Waals surface area contributed by atoms with Gasteiger partial charge in [0, 0.05) is 24.2 Å². The number of thioether (sulfide) groups is 2. The van der Waals surface area contributed by atoms with Gasteiger partial charge in [-0.05, 0) is 17.7 Å². The molecule has 1 unspecified atom stereocenters. The van der Waals surface area contributed by atoms with E-state index in [0.29, 0.717) is 10.1 Å². The zero-order valence-electron chi connectivity index (χ0n) is 11.6. The summed E-state index contributed by atoms with van der Waals surface area (Å²) in [6, 6.07) is 6.28. The van der Waals surface area contributed by atoms with Crippen LogP contribution in [0.25, 0.3) is 0 Å². The Bertz CT molecular complexity index is 500. The predicted octanol–water partition coefficient (Wildman–Crippen LogP) is 1.99. The zero-order chi connectivity index (χ0) is 15.2. The van der Waals surface area contributed by atoms with Gasteiger partial charge in [-0.2, -0.15) is 0 Å². The van der Waals surface area contributed by atoms with E-state index < -0.39 is 17.9 Å². The van der Waals surface area contributed by atoms with Gasteiger partial charge in [0.1, 0.15) is 0 Å². The summed E-state index contributed by atoms with van der Waals surface area (Å²) in [7, 11) is 1.40. The number of aliphatic carboxylic acids is 1. The quantitative estimate of drug-likeness (QED) is 0.832. The summed E-state index contributed by atoms with van der Waals surface area (Å²) in [5.74, 6) is 0.780. The number of amides is 1. The van der Waals surface area contributed by atoms with Gasteiger partial charge in [0.15, 0.2) is 6.04 Å². The number of ether oxygens (including phenoxy) is 1. The lowest BCUT2D eigenvalue weighted by Gasteiger charge is -2.14. The molecule has 0 aliphatic carbocycles. The van der Waals surface area contributed by atoms with E-state index in [-0.39, 0.29) is 6.61 Å². The fraction of sp³-hybridized carbons (Fsp3) is 0.429. The van der Waals surface area contributed by atoms with E-state index in [1.165, 1.54) is 12.7 Å². The van der Waals surface area contributed by atoms with Crippen LogP contribution in [-0.4, -0.2) is 48.2 Å². The average Bonchev–Trinajstić information content (AvgIpc) is 3.01. The first-order chi connectivity index (χ1) is 10.1. The van der Waals surface area contributed by atoms with Gasteiger partial charge in [-0.15, -0.1) is 23.5 Å². The number of rotatable bonds is 6. The Morgan fingerprint density at radius 1 is 1.33 bits per heavy atom. The molecule has 1 heterocycles. The van der Waals surface area contributed by atoms with Gasteiger partial charge in [-0.1, -0.05) is 12.1 Å². The molecule has 0 bridgehead atoms. The van der Waals surface area contributed by atoms with E-state index in [4.69, 9.17) is 9.84 Å². The minimum absolute atomic E-state index is 0.0610. The van der Waals surface area contributed by atoms with Crippen molar-refractivity contribution in [2.75, 3.05) is 25.2 Å². The summed E-state index contributed by atoms with van der Waals surface area (Å²) in [6.07, 6.45) is 0. The lowest BCUT2D eigenvalue weighted by atomic mass is 10.1. The second kappa shape index (κ2) is 7.72. The van der Waals surface area contributed by atoms with Crippen LogP contribution in [0.15, 0.2) is 24.3 Å². The molecule has 1 aliphatic heterocycles. The van der Waals surface area contributed by atoms with Crippen LogP contribution in [0.3, 0.4) is 0 Å². The van der Waals surface area contributed by atoms with Crippen molar-refractivity contribution in [3.05, 3.63) is 35.4 Å². The second-order valence-electron chi connectivity index (χ2n) is 4.52. The molecular formula is C14H17NO4S2. The highest BCUT2D eigenvalue weighted by molar-refractivity contribution is 8.19. The highest BCUT2D eigenvalue weighted by Gasteiger charge is 2.21. The Morgan fingerprint density at radius 2 is 1.95 bits per heavy atom. The molecule has 7 heteroatoms. The van der Waals surface area contributed by atoms with Gasteiger partial charge in [0.2, 0.25) is 0 Å². The fourth-order valence-corrected chi connectivity index (χ4v) is 4.78. The smallest absolute Gasteiger partial charge is 0.328 e. The number of hydrogen-bond acceptors (Lipinski definition) is 5. The molecule has 0 radical (unpaired) electrons. The lowest BCUT2D eigenvalue weighted by molar-refractivity contribution is -0.140. The van der Waals surface area contributed by atoms with Crippen molar-refractivity contribution in [1.82, 2.24) is 5.32 Å². The molecule has 1 aromatic carbocycles. The minimum Gasteiger partial charge on any atom is -0.480 e. The van der Waals surface area contributed by atoms with E-state index in [0.717, 1.165) is 11.5 Å². The third-order valence-corrected chi connectivity index (χ3v) is 6.11. The van der Waals surface area contributed by atoms with Crippen LogP contribution in [0.5, 0.6) is 0 Å². The third kappa shape index (κ3) is 4.39. The van der Waals surface area contributed by atoms with Crippen LogP contribution < -0.4 is 5.32 Å². The Balaban J connectivity index is 2.00. The van der Waals surface area contributed by atoms with Crippen LogP contribution in [0.4, 0.5) is 0 Å². The number of nitrogens with one attached hydrogen (secondary N) is 1. The van der Waals surface area contributed by atoms with E-state index in [1.807, 2.05) is 35.7 Å². The predicted molar refractivity (Wildman–Crippen MR) is 84.9 cm³/mol. The molecule has 114 valence electrons. The molecule has 1 fully saturated rings. The van der Waals surface area contributed by atoms with Crippen molar-refractivity contribution >= 4 is 35.4 Å². The molecule has 21 heavy (non-hydrogen) atoms. The van der Waals surface area contributed by atoms with Gasteiger partial charge in [0.05, 0.1) is 11.2 Å². The molecule has 0 aromatic heterocycles. The Hall–Kier alpha value is -1.18. The standard InChI is InChI=1S/C14H17NO4S2/c1-19-8-11(13(17)18)15-12(16)9-2-4-10(5-3-9)14-20-6-7-21-14/h2-5,11,14H,6-8H2,1H3,(H,15,16)(H,17,18). The first-order valence-electron chi connectivity index (χ1n) is 6.47. The van der Waals surface area contributed by atoms with Gasteiger partial charge in [-0.25, -0.2) is 4.79 Å². The van der Waals surface area contributed by atoms with E-state index in [1.54, 1.807) is 12.1 Å². The normalized spacial score (nSPS) is 16.6. The number of hydrogen-bond donors (Lipinski definition) is 2. The first kappa shape index (κ1) is 16.2. The lowest BCUT2D eigenvalue weighted by Crippen LogP contribution is -2.43. The average molecular weight is 327 g/mol. The Morgan fingerprint density at radius 3 is 2.48 bits per heavy atom. The first-order valence-corrected chi connectivity index (χ1v) is 8.57. The summed E-state index contributed by atoms with van der Waals surface area (Å²) in [5.41, 5.74) is 1.64. The highest BCUT2D eigenvalue weighted by Crippen LogP contribution is 2.45. The minimum atomic E-state index is -1.11. The van der Waals surface area contributed by atoms with Gasteiger partial charge < -0.3 is 15.2 Å². The van der Waals surface area contributed by atoms with Crippen molar-refractivity contribution in [2.24, 2.45) is 0 Å². The van der Waals surface area contributed by atoms with E-state index in [9.17, 15) is 9.59 Å². The second-order valence-corrected chi connectivity index (χ2v) is 7.24. The molecule has 5 nitrogen and oxygen atoms in total. The van der Waals surface area contributed by atoms with E-state index in [2.05, 4.69) is 5.32 Å². The third-order valence-electron chi connectivity index (χ3n) is 3.00. The molecule has 1 saturated heterocycles. The molecular weight excluding hydrogens is 310 g/mol. The van der Waals surface area contributed by atoms with Crippen molar-refractivity contribution in [1.29, 1.82) is 0 Å². The highest BCUT2D eigenvalue weighted by atomic mass is 32.2. The molecule has 1 aromatic rings. The monoisotopic (exact) mass is 327 g/mol.